The van der Waals surface area contributed by atoms with Gasteiger partial charge in [0.1, 0.15) is 5.75 Å². The molecule has 7 heteroatoms. The zero-order chi connectivity index (χ0) is 17.6. The predicted molar refractivity (Wildman–Crippen MR) is 91.1 cm³/mol. The zero-order valence-corrected chi connectivity index (χ0v) is 13.7. The molecule has 0 aliphatic heterocycles. The van der Waals surface area contributed by atoms with Crippen molar-refractivity contribution in [2.45, 2.75) is 11.4 Å². The minimum Gasteiger partial charge on any atom is -0.507 e. The van der Waals surface area contributed by atoms with Gasteiger partial charge in [0, 0.05) is 13.1 Å². The van der Waals surface area contributed by atoms with Gasteiger partial charge < -0.3 is 10.4 Å². The molecule has 3 N–H and O–H groups in total. The monoisotopic (exact) mass is 346 g/mol. The van der Waals surface area contributed by atoms with E-state index in [1.165, 1.54) is 18.2 Å². The third-order valence-electron chi connectivity index (χ3n) is 3.24. The van der Waals surface area contributed by atoms with Crippen LogP contribution >= 0.6 is 0 Å². The van der Waals surface area contributed by atoms with Gasteiger partial charge in [-0.15, -0.1) is 6.58 Å². The smallest absolute Gasteiger partial charge is 0.255 e. The minimum absolute atomic E-state index is 0.0972. The van der Waals surface area contributed by atoms with Crippen LogP contribution in [0.25, 0.3) is 0 Å². The zero-order valence-electron chi connectivity index (χ0n) is 12.9. The van der Waals surface area contributed by atoms with Gasteiger partial charge in [0.25, 0.3) is 5.91 Å². The fraction of sp³-hybridized carbons (Fsp3) is 0.118. The first-order valence-electron chi connectivity index (χ1n) is 7.20. The Bertz CT molecular complexity index is 833. The molecule has 0 fully saturated rings. The molecule has 1 amide bonds. The average Bonchev–Trinajstić information content (AvgIpc) is 2.59. The summed E-state index contributed by atoms with van der Waals surface area (Å²) in [5, 5.41) is 12.3. The van der Waals surface area contributed by atoms with Crippen molar-refractivity contribution in [3.8, 4) is 5.75 Å². The molecule has 24 heavy (non-hydrogen) atoms. The van der Waals surface area contributed by atoms with Gasteiger partial charge in [-0.05, 0) is 23.8 Å². The molecule has 0 spiro atoms. The van der Waals surface area contributed by atoms with Crippen molar-refractivity contribution in [2.75, 3.05) is 6.54 Å². The Morgan fingerprint density at radius 1 is 1.17 bits per heavy atom. The van der Waals surface area contributed by atoms with E-state index in [9.17, 15) is 18.3 Å². The van der Waals surface area contributed by atoms with Crippen molar-refractivity contribution in [3.63, 3.8) is 0 Å². The van der Waals surface area contributed by atoms with E-state index in [1.807, 2.05) is 18.2 Å². The normalized spacial score (nSPS) is 11.0. The lowest BCUT2D eigenvalue weighted by Crippen LogP contribution is -2.25. The molecule has 0 aromatic heterocycles. The second-order valence-corrected chi connectivity index (χ2v) is 6.75. The Morgan fingerprint density at radius 2 is 1.88 bits per heavy atom. The number of carbonyl (C=O) groups is 1. The van der Waals surface area contributed by atoms with Crippen LogP contribution in [-0.4, -0.2) is 26.0 Å². The number of hydrogen-bond acceptors (Lipinski definition) is 4. The van der Waals surface area contributed by atoms with Gasteiger partial charge >= 0.3 is 0 Å². The summed E-state index contributed by atoms with van der Waals surface area (Å²) in [5.74, 6) is -0.869. The standard InChI is InChI=1S/C17H18N2O4S/c1-2-10-18-17(21)15-11-14(8-9-16(15)20)24(22,23)19-12-13-6-4-3-5-7-13/h2-9,11,19-20H,1,10,12H2,(H,18,21). The van der Waals surface area contributed by atoms with Crippen molar-refractivity contribution in [1.29, 1.82) is 0 Å². The first kappa shape index (κ1) is 17.7. The maximum absolute atomic E-state index is 12.4. The average molecular weight is 346 g/mol. The highest BCUT2D eigenvalue weighted by molar-refractivity contribution is 7.89. The molecule has 126 valence electrons. The molecule has 0 bridgehead atoms. The quantitative estimate of drug-likeness (QED) is 0.666. The lowest BCUT2D eigenvalue weighted by Gasteiger charge is -2.10. The summed E-state index contributed by atoms with van der Waals surface area (Å²) in [4.78, 5) is 11.9. The second-order valence-electron chi connectivity index (χ2n) is 4.99. The van der Waals surface area contributed by atoms with E-state index in [1.54, 1.807) is 12.1 Å². The van der Waals surface area contributed by atoms with Crippen molar-refractivity contribution in [2.24, 2.45) is 0 Å². The Kier molecular flexibility index (Phi) is 5.73. The molecule has 2 aromatic rings. The topological polar surface area (TPSA) is 95.5 Å². The summed E-state index contributed by atoms with van der Waals surface area (Å²) >= 11 is 0. The molecule has 0 radical (unpaired) electrons. The number of benzene rings is 2. The number of rotatable bonds is 7. The van der Waals surface area contributed by atoms with Crippen LogP contribution in [0.1, 0.15) is 15.9 Å². The first-order valence-corrected chi connectivity index (χ1v) is 8.68. The van der Waals surface area contributed by atoms with Crippen molar-refractivity contribution in [3.05, 3.63) is 72.3 Å². The maximum atomic E-state index is 12.4. The molecular weight excluding hydrogens is 328 g/mol. The van der Waals surface area contributed by atoms with Crippen LogP contribution in [0.15, 0.2) is 66.1 Å². The van der Waals surface area contributed by atoms with Gasteiger partial charge in [0.2, 0.25) is 10.0 Å². The number of amides is 1. The van der Waals surface area contributed by atoms with E-state index in [-0.39, 0.29) is 29.3 Å². The number of nitrogens with one attached hydrogen (secondary N) is 2. The van der Waals surface area contributed by atoms with E-state index in [2.05, 4.69) is 16.6 Å². The summed E-state index contributed by atoms with van der Waals surface area (Å²) in [6.45, 7) is 3.81. The van der Waals surface area contributed by atoms with Crippen LogP contribution in [0, 0.1) is 0 Å². The third kappa shape index (κ3) is 4.43. The summed E-state index contributed by atoms with van der Waals surface area (Å²) in [7, 11) is -3.81. The molecule has 0 aliphatic rings. The summed E-state index contributed by atoms with van der Waals surface area (Å²) < 4.78 is 27.2. The number of aromatic hydroxyl groups is 1. The summed E-state index contributed by atoms with van der Waals surface area (Å²) in [5.41, 5.74) is 0.697. The highest BCUT2D eigenvalue weighted by atomic mass is 32.2. The lowest BCUT2D eigenvalue weighted by molar-refractivity contribution is 0.0955. The molecule has 6 nitrogen and oxygen atoms in total. The Labute approximate surface area is 140 Å². The predicted octanol–water partition coefficient (Wildman–Crippen LogP) is 1.79. The molecule has 0 atom stereocenters. The van der Waals surface area contributed by atoms with E-state index >= 15 is 0 Å². The van der Waals surface area contributed by atoms with Crippen LogP contribution < -0.4 is 10.0 Å². The van der Waals surface area contributed by atoms with E-state index in [4.69, 9.17) is 0 Å². The fourth-order valence-corrected chi connectivity index (χ4v) is 3.03. The second kappa shape index (κ2) is 7.76. The summed E-state index contributed by atoms with van der Waals surface area (Å²) in [6, 6.07) is 12.6. The Hall–Kier alpha value is -2.64. The largest absolute Gasteiger partial charge is 0.507 e. The molecule has 0 aliphatic carbocycles. The highest BCUT2D eigenvalue weighted by Crippen LogP contribution is 2.21. The fourth-order valence-electron chi connectivity index (χ4n) is 1.98. The van der Waals surface area contributed by atoms with Gasteiger partial charge in [-0.3, -0.25) is 4.79 Å². The summed E-state index contributed by atoms with van der Waals surface area (Å²) in [6.07, 6.45) is 1.48. The molecule has 0 saturated heterocycles. The van der Waals surface area contributed by atoms with Crippen LogP contribution in [0.4, 0.5) is 0 Å². The third-order valence-corrected chi connectivity index (χ3v) is 4.64. The van der Waals surface area contributed by atoms with Crippen molar-refractivity contribution < 1.29 is 18.3 Å². The van der Waals surface area contributed by atoms with Gasteiger partial charge in [0.05, 0.1) is 10.5 Å². The van der Waals surface area contributed by atoms with Gasteiger partial charge in [-0.2, -0.15) is 0 Å². The Morgan fingerprint density at radius 3 is 2.54 bits per heavy atom. The molecular formula is C17H18N2O4S. The molecule has 0 saturated carbocycles. The Balaban J connectivity index is 2.20. The van der Waals surface area contributed by atoms with Crippen LogP contribution in [0.5, 0.6) is 5.75 Å². The van der Waals surface area contributed by atoms with Crippen LogP contribution in [0.2, 0.25) is 0 Å². The minimum atomic E-state index is -3.81. The van der Waals surface area contributed by atoms with E-state index < -0.39 is 15.9 Å². The number of hydrogen-bond donors (Lipinski definition) is 3. The lowest BCUT2D eigenvalue weighted by atomic mass is 10.2. The van der Waals surface area contributed by atoms with E-state index in [0.717, 1.165) is 11.6 Å². The molecule has 2 rings (SSSR count). The van der Waals surface area contributed by atoms with Gasteiger partial charge in [-0.1, -0.05) is 36.4 Å². The number of sulfonamides is 1. The van der Waals surface area contributed by atoms with Crippen LogP contribution in [0.3, 0.4) is 0 Å². The molecule has 2 aromatic carbocycles. The van der Waals surface area contributed by atoms with E-state index in [0.29, 0.717) is 0 Å². The van der Waals surface area contributed by atoms with Gasteiger partial charge in [0.15, 0.2) is 0 Å². The molecule has 0 unspecified atom stereocenters. The SMILES string of the molecule is C=CCNC(=O)c1cc(S(=O)(=O)NCc2ccccc2)ccc1O. The van der Waals surface area contributed by atoms with Crippen molar-refractivity contribution >= 4 is 15.9 Å². The first-order chi connectivity index (χ1) is 11.4. The number of phenolic OH excluding ortho intramolecular Hbond substituents is 1. The number of phenols is 1. The maximum Gasteiger partial charge on any atom is 0.255 e. The molecule has 0 heterocycles. The highest BCUT2D eigenvalue weighted by Gasteiger charge is 2.18. The van der Waals surface area contributed by atoms with Gasteiger partial charge in [-0.25, -0.2) is 13.1 Å². The van der Waals surface area contributed by atoms with Crippen LogP contribution in [-0.2, 0) is 16.6 Å². The van der Waals surface area contributed by atoms with Crippen molar-refractivity contribution in [1.82, 2.24) is 10.0 Å². The number of carbonyl (C=O) groups excluding carboxylic acids is 1.